The number of allylic oxidation sites excluding steroid dienone is 1. The van der Waals surface area contributed by atoms with E-state index in [4.69, 9.17) is 47.4 Å². The fourth-order valence-corrected chi connectivity index (χ4v) is 9.64. The Labute approximate surface area is 378 Å². The van der Waals surface area contributed by atoms with Crippen LogP contribution in [0.15, 0.2) is 30.4 Å². The maximum atomic E-state index is 14.8. The van der Waals surface area contributed by atoms with E-state index in [2.05, 4.69) is 4.98 Å². The number of likely N-dealkylation sites (N-methyl/N-ethyl adjacent to an activating group) is 1. The van der Waals surface area contributed by atoms with Crippen molar-refractivity contribution in [2.75, 3.05) is 28.3 Å². The largest absolute Gasteiger partial charge is 0.457 e. The van der Waals surface area contributed by atoms with Gasteiger partial charge >= 0.3 is 24.0 Å². The lowest BCUT2D eigenvalue weighted by Gasteiger charge is -2.50. The second-order valence-corrected chi connectivity index (χ2v) is 18.7. The smallest absolute Gasteiger partial charge is 0.420 e. The van der Waals surface area contributed by atoms with Gasteiger partial charge in [0.1, 0.15) is 18.0 Å². The number of ketones is 1. The number of esters is 3. The van der Waals surface area contributed by atoms with Crippen LogP contribution in [-0.4, -0.2) is 151 Å². The van der Waals surface area contributed by atoms with Crippen LogP contribution in [0, 0.1) is 17.8 Å². The number of carbonyl (C=O) groups excluding carboxylic acids is 5. The topological polar surface area (TPSA) is 199 Å². The van der Waals surface area contributed by atoms with E-state index in [0.717, 1.165) is 4.57 Å². The number of hydrogen-bond donors (Lipinski definition) is 0. The average Bonchev–Trinajstić information content (AvgIpc) is 3.77. The maximum absolute atomic E-state index is 14.8. The van der Waals surface area contributed by atoms with Crippen LogP contribution in [0.2, 0.25) is 0 Å². The number of cyclic esters (lactones) is 1. The minimum absolute atomic E-state index is 0.0849. The van der Waals surface area contributed by atoms with Crippen molar-refractivity contribution in [1.29, 1.82) is 0 Å². The lowest BCUT2D eigenvalue weighted by atomic mass is 9.76. The first-order chi connectivity index (χ1) is 29.8. The van der Waals surface area contributed by atoms with Gasteiger partial charge in [0.15, 0.2) is 36.2 Å². The molecule has 1 aromatic rings. The highest BCUT2D eigenvalue weighted by atomic mass is 16.7. The number of ether oxygens (including phenoxy) is 10. The Morgan fingerprint density at radius 1 is 0.891 bits per heavy atom. The molecule has 0 N–H and O–H groups in total. The van der Waals surface area contributed by atoms with Crippen molar-refractivity contribution in [1.82, 2.24) is 14.5 Å². The summed E-state index contributed by atoms with van der Waals surface area (Å²) in [5, 5.41) is 0. The lowest BCUT2D eigenvalue weighted by molar-refractivity contribution is -0.320. The third kappa shape index (κ3) is 12.2. The monoisotopic (exact) mass is 908 g/mol. The molecule has 16 atom stereocenters. The highest BCUT2D eigenvalue weighted by Gasteiger charge is 2.54. The summed E-state index contributed by atoms with van der Waals surface area (Å²) in [7, 11) is 6.80. The van der Waals surface area contributed by atoms with Crippen LogP contribution in [0.1, 0.15) is 109 Å². The number of nitrogens with zero attached hydrogens (tertiary/aromatic N) is 3. The molecule has 18 nitrogen and oxygen atoms in total. The number of Topliss-reactive ketones (excluding diaryl/α,β-unsaturated/α-hetero) is 1. The summed E-state index contributed by atoms with van der Waals surface area (Å²) in [4.78, 5) is 73.6. The highest BCUT2D eigenvalue weighted by molar-refractivity contribution is 5.96. The number of rotatable bonds is 11. The second kappa shape index (κ2) is 21.7. The molecule has 4 unspecified atom stereocenters. The van der Waals surface area contributed by atoms with Crippen molar-refractivity contribution < 1.29 is 71.3 Å². The van der Waals surface area contributed by atoms with Gasteiger partial charge in [-0.05, 0) is 93.5 Å². The molecule has 0 bridgehead atoms. The summed E-state index contributed by atoms with van der Waals surface area (Å²) >= 11 is 0. The van der Waals surface area contributed by atoms with Crippen molar-refractivity contribution >= 4 is 29.8 Å². The summed E-state index contributed by atoms with van der Waals surface area (Å²) < 4.78 is 64.5. The van der Waals surface area contributed by atoms with Crippen molar-refractivity contribution in [2.24, 2.45) is 17.8 Å². The van der Waals surface area contributed by atoms with Crippen LogP contribution in [0.3, 0.4) is 0 Å². The number of aromatic nitrogens is 2. The Morgan fingerprint density at radius 3 is 2.06 bits per heavy atom. The summed E-state index contributed by atoms with van der Waals surface area (Å²) in [5.41, 5.74) is -3.75. The molecule has 2 saturated heterocycles. The van der Waals surface area contributed by atoms with E-state index in [0.29, 0.717) is 6.42 Å². The molecular formula is C46H73N3O15. The van der Waals surface area contributed by atoms with Gasteiger partial charge in [0, 0.05) is 58.7 Å². The zero-order valence-corrected chi connectivity index (χ0v) is 40.6. The van der Waals surface area contributed by atoms with Gasteiger partial charge in [-0.25, -0.2) is 14.3 Å². The van der Waals surface area contributed by atoms with E-state index in [1.807, 2.05) is 39.8 Å². The summed E-state index contributed by atoms with van der Waals surface area (Å²) in [6.07, 6.45) is -2.27. The van der Waals surface area contributed by atoms with E-state index in [1.54, 1.807) is 48.5 Å². The van der Waals surface area contributed by atoms with Gasteiger partial charge in [-0.1, -0.05) is 20.8 Å². The minimum atomic E-state index is -1.63. The van der Waals surface area contributed by atoms with Crippen LogP contribution in [0.5, 0.6) is 0 Å². The molecule has 0 saturated carbocycles. The SMILES string of the molecule is CC[C@@H]1OC(=O)[C@H](C)[C@H](OC2CC(C)(OC)[C@@H](OC(C)=O)[C@@H](C)O2)[C@@H](C)[C@H](O[C@@H]2O[C@H](C)C[C@H](N(C)C)[C@@H]2OC(C)=O)C(C)(OC)C[C@H](C)C(=O)C(C)=CC1(C)OC(=O)n1ccnc1. The van der Waals surface area contributed by atoms with E-state index in [1.165, 1.54) is 52.9 Å². The van der Waals surface area contributed by atoms with E-state index < -0.39 is 108 Å². The fourth-order valence-electron chi connectivity index (χ4n) is 9.64. The van der Waals surface area contributed by atoms with Crippen molar-refractivity contribution in [3.8, 4) is 0 Å². The average molecular weight is 908 g/mol. The standard InChI is InChI=1S/C46H73N3O15/c1-17-34-44(10,64-43(54)49-19-18-47-24-49)21-25(2)36(52)26(3)22-45(11,55-15)39(63-42-38(59-31(8)50)33(48(13)14)20-27(4)57-42)28(5)37(29(6)41(53)61-34)62-35-23-46(12,56-16)40(30(7)58-35)60-32(9)51/h18-19,21,24,26-30,33-35,37-40,42H,17,20,22-23H2,1-16H3/t26-,27+,28+,29+,30+,33-,34-,35?,37+,38-,39-,40-,42-,44?,45?,46?/m0/s1. The quantitative estimate of drug-likeness (QED) is 0.201. The van der Waals surface area contributed by atoms with Gasteiger partial charge in [0.25, 0.3) is 0 Å². The van der Waals surface area contributed by atoms with E-state index >= 15 is 0 Å². The van der Waals surface area contributed by atoms with Gasteiger partial charge in [0.2, 0.25) is 0 Å². The first kappa shape index (κ1) is 52.8. The van der Waals surface area contributed by atoms with Gasteiger partial charge in [-0.2, -0.15) is 0 Å². The molecule has 0 spiro atoms. The molecule has 4 rings (SSSR count). The molecule has 362 valence electrons. The second-order valence-electron chi connectivity index (χ2n) is 18.7. The van der Waals surface area contributed by atoms with Crippen molar-refractivity contribution in [3.63, 3.8) is 0 Å². The van der Waals surface area contributed by atoms with Crippen LogP contribution >= 0.6 is 0 Å². The number of imidazole rings is 1. The van der Waals surface area contributed by atoms with Crippen molar-refractivity contribution in [3.05, 3.63) is 30.4 Å². The summed E-state index contributed by atoms with van der Waals surface area (Å²) in [6.45, 7) is 20.2. The zero-order valence-electron chi connectivity index (χ0n) is 40.6. The first-order valence-corrected chi connectivity index (χ1v) is 22.2. The predicted octanol–water partition coefficient (Wildman–Crippen LogP) is 5.42. The Hall–Kier alpha value is -3.78. The molecule has 3 aliphatic rings. The molecule has 18 heteroatoms. The predicted molar refractivity (Wildman–Crippen MR) is 231 cm³/mol. The van der Waals surface area contributed by atoms with E-state index in [9.17, 15) is 24.0 Å². The zero-order chi connectivity index (χ0) is 48.1. The first-order valence-electron chi connectivity index (χ1n) is 22.2. The molecule has 0 aromatic carbocycles. The molecular weight excluding hydrogens is 835 g/mol. The van der Waals surface area contributed by atoms with Crippen LogP contribution in [-0.2, 0) is 66.5 Å². The summed E-state index contributed by atoms with van der Waals surface area (Å²) in [5.74, 6) is -4.59. The fraction of sp³-hybridized carbons (Fsp3) is 0.783. The Bertz CT molecular complexity index is 1810. The number of methoxy groups -OCH3 is 2. The Morgan fingerprint density at radius 2 is 1.52 bits per heavy atom. The van der Waals surface area contributed by atoms with Crippen molar-refractivity contribution in [2.45, 2.75) is 187 Å². The van der Waals surface area contributed by atoms with Gasteiger partial charge < -0.3 is 52.3 Å². The minimum Gasteiger partial charge on any atom is -0.457 e. The molecule has 1 aromatic heterocycles. The molecule has 2 fully saturated rings. The van der Waals surface area contributed by atoms with Crippen LogP contribution < -0.4 is 0 Å². The Kier molecular flexibility index (Phi) is 17.9. The molecule has 0 amide bonds. The molecule has 0 radical (unpaired) electrons. The Balaban J connectivity index is 1.93. The number of carbonyl (C=O) groups is 5. The van der Waals surface area contributed by atoms with Gasteiger partial charge in [0.05, 0.1) is 42.0 Å². The third-order valence-electron chi connectivity index (χ3n) is 13.1. The highest BCUT2D eigenvalue weighted by Crippen LogP contribution is 2.42. The third-order valence-corrected chi connectivity index (χ3v) is 13.1. The van der Waals surface area contributed by atoms with Crippen LogP contribution in [0.25, 0.3) is 0 Å². The lowest BCUT2D eigenvalue weighted by Crippen LogP contribution is -2.61. The van der Waals surface area contributed by atoms with Crippen LogP contribution in [0.4, 0.5) is 4.79 Å². The molecule has 4 heterocycles. The molecule has 64 heavy (non-hydrogen) atoms. The molecule has 0 aliphatic carbocycles. The summed E-state index contributed by atoms with van der Waals surface area (Å²) in [6, 6.07) is -0.299. The van der Waals surface area contributed by atoms with Gasteiger partial charge in [-0.15, -0.1) is 0 Å². The molecule has 3 aliphatic heterocycles. The van der Waals surface area contributed by atoms with Gasteiger partial charge in [-0.3, -0.25) is 19.2 Å². The number of hydrogen-bond acceptors (Lipinski definition) is 17. The maximum Gasteiger partial charge on any atom is 0.420 e. The van der Waals surface area contributed by atoms with E-state index in [-0.39, 0.29) is 42.8 Å². The normalized spacial score (nSPS) is 39.3.